The number of methoxy groups -OCH3 is 2. The van der Waals surface area contributed by atoms with Crippen LogP contribution in [0.2, 0.25) is 0 Å². The fourth-order valence-electron chi connectivity index (χ4n) is 5.18. The number of carboxylic acid groups (broad SMARTS) is 1. The van der Waals surface area contributed by atoms with E-state index in [1.54, 1.807) is 24.9 Å². The molecule has 1 aliphatic carbocycles. The molecule has 2 aromatic carbocycles. The summed E-state index contributed by atoms with van der Waals surface area (Å²) in [6.45, 7) is 0.704. The van der Waals surface area contributed by atoms with E-state index in [9.17, 15) is 19.1 Å². The minimum atomic E-state index is -0.940. The molecule has 1 aliphatic rings. The number of carboxylic acids is 1. The lowest BCUT2D eigenvalue weighted by atomic mass is 9.90. The van der Waals surface area contributed by atoms with Crippen LogP contribution in [0.4, 0.5) is 4.39 Å². The lowest BCUT2D eigenvalue weighted by Crippen LogP contribution is -2.45. The fraction of sp³-hybridized carbons (Fsp3) is 0.407. The standard InChI is InChI=1S/C27H31FN2O5/c1-34-14-13-29(26(31)12-7-18-5-3-4-6-25(18)35-2)20-9-11-24-22(16-20)21-15-19(28)8-10-23(21)30(24)17-27(32)33/h3-6,8,10,15,20H,7,9,11-14,16-17H2,1-2H3,(H,32,33). The largest absolute Gasteiger partial charge is 0.496 e. The predicted molar refractivity (Wildman–Crippen MR) is 130 cm³/mol. The fourth-order valence-corrected chi connectivity index (χ4v) is 5.18. The summed E-state index contributed by atoms with van der Waals surface area (Å²) in [5.74, 6) is -0.510. The van der Waals surface area contributed by atoms with Crippen LogP contribution in [0.15, 0.2) is 42.5 Å². The number of fused-ring (bicyclic) bond motifs is 3. The molecule has 0 fully saturated rings. The Morgan fingerprint density at radius 1 is 1.20 bits per heavy atom. The molecule has 1 aromatic heterocycles. The molecule has 7 nitrogen and oxygen atoms in total. The van der Waals surface area contributed by atoms with Crippen LogP contribution in [0.1, 0.15) is 29.7 Å². The first-order valence-electron chi connectivity index (χ1n) is 11.8. The Morgan fingerprint density at radius 2 is 2.00 bits per heavy atom. The number of carbonyl (C=O) groups excluding carboxylic acids is 1. The van der Waals surface area contributed by atoms with Gasteiger partial charge in [-0.3, -0.25) is 9.59 Å². The second kappa shape index (κ2) is 10.9. The van der Waals surface area contributed by atoms with Crippen molar-refractivity contribution >= 4 is 22.8 Å². The summed E-state index contributed by atoms with van der Waals surface area (Å²) in [4.78, 5) is 26.8. The summed E-state index contributed by atoms with van der Waals surface area (Å²) in [5, 5.41) is 10.2. The SMILES string of the molecule is COCCN(C(=O)CCc1ccccc1OC)C1CCc2c(c3cc(F)ccc3n2CC(=O)O)C1. The van der Waals surface area contributed by atoms with Crippen molar-refractivity contribution in [3.8, 4) is 5.75 Å². The molecule has 0 spiro atoms. The quantitative estimate of drug-likeness (QED) is 0.475. The number of nitrogens with zero attached hydrogens (tertiary/aromatic N) is 2. The number of aromatic nitrogens is 1. The minimum Gasteiger partial charge on any atom is -0.496 e. The Kier molecular flexibility index (Phi) is 7.70. The highest BCUT2D eigenvalue weighted by atomic mass is 19.1. The molecule has 35 heavy (non-hydrogen) atoms. The van der Waals surface area contributed by atoms with Crippen LogP contribution in [-0.4, -0.2) is 59.9 Å². The molecule has 1 N–H and O–H groups in total. The Labute approximate surface area is 204 Å². The number of aliphatic carboxylic acids is 1. The van der Waals surface area contributed by atoms with E-state index in [1.807, 2.05) is 29.2 Å². The van der Waals surface area contributed by atoms with E-state index in [1.165, 1.54) is 12.1 Å². The summed E-state index contributed by atoms with van der Waals surface area (Å²) in [7, 11) is 3.23. The summed E-state index contributed by atoms with van der Waals surface area (Å²) in [6, 6.07) is 12.1. The zero-order valence-electron chi connectivity index (χ0n) is 20.1. The highest BCUT2D eigenvalue weighted by molar-refractivity contribution is 5.87. The van der Waals surface area contributed by atoms with Gasteiger partial charge in [0.15, 0.2) is 0 Å². The van der Waals surface area contributed by atoms with Crippen molar-refractivity contribution in [2.24, 2.45) is 0 Å². The van der Waals surface area contributed by atoms with Gasteiger partial charge in [-0.2, -0.15) is 0 Å². The monoisotopic (exact) mass is 482 g/mol. The van der Waals surface area contributed by atoms with Crippen LogP contribution >= 0.6 is 0 Å². The van der Waals surface area contributed by atoms with E-state index in [-0.39, 0.29) is 24.3 Å². The van der Waals surface area contributed by atoms with E-state index >= 15 is 0 Å². The first-order chi connectivity index (χ1) is 16.9. The van der Waals surface area contributed by atoms with Gasteiger partial charge in [0.2, 0.25) is 5.91 Å². The van der Waals surface area contributed by atoms with Crippen molar-refractivity contribution in [3.63, 3.8) is 0 Å². The number of hydrogen-bond donors (Lipinski definition) is 1. The average molecular weight is 483 g/mol. The van der Waals surface area contributed by atoms with Crippen molar-refractivity contribution < 1.29 is 28.6 Å². The maximum absolute atomic E-state index is 14.1. The van der Waals surface area contributed by atoms with Gasteiger partial charge in [0, 0.05) is 42.7 Å². The molecule has 1 atom stereocenters. The molecule has 1 heterocycles. The highest BCUT2D eigenvalue weighted by Crippen LogP contribution is 2.34. The zero-order chi connectivity index (χ0) is 24.9. The van der Waals surface area contributed by atoms with Crippen molar-refractivity contribution in [2.75, 3.05) is 27.4 Å². The van der Waals surface area contributed by atoms with E-state index < -0.39 is 5.97 Å². The van der Waals surface area contributed by atoms with Crippen molar-refractivity contribution in [3.05, 3.63) is 65.1 Å². The van der Waals surface area contributed by atoms with Crippen LogP contribution in [0.5, 0.6) is 5.75 Å². The Hall–Kier alpha value is -3.39. The lowest BCUT2D eigenvalue weighted by molar-refractivity contribution is -0.137. The molecule has 4 rings (SSSR count). The van der Waals surface area contributed by atoms with Crippen molar-refractivity contribution in [1.82, 2.24) is 9.47 Å². The van der Waals surface area contributed by atoms with Crippen LogP contribution in [0, 0.1) is 5.82 Å². The molecular formula is C27H31FN2O5. The van der Waals surface area contributed by atoms with Gasteiger partial charge in [-0.15, -0.1) is 0 Å². The average Bonchev–Trinajstić information content (AvgIpc) is 3.14. The first-order valence-corrected chi connectivity index (χ1v) is 11.8. The van der Waals surface area contributed by atoms with Gasteiger partial charge in [0.05, 0.1) is 13.7 Å². The number of ether oxygens (including phenoxy) is 2. The number of rotatable bonds is 10. The second-order valence-corrected chi connectivity index (χ2v) is 8.86. The molecule has 0 aliphatic heterocycles. The minimum absolute atomic E-state index is 0.0295. The molecule has 0 saturated carbocycles. The van der Waals surface area contributed by atoms with Crippen LogP contribution in [0.25, 0.3) is 10.9 Å². The van der Waals surface area contributed by atoms with Gasteiger partial charge in [0.1, 0.15) is 18.1 Å². The summed E-state index contributed by atoms with van der Waals surface area (Å²) in [6.07, 6.45) is 2.77. The molecular weight excluding hydrogens is 451 g/mol. The van der Waals surface area contributed by atoms with E-state index in [2.05, 4.69) is 0 Å². The van der Waals surface area contributed by atoms with E-state index in [0.717, 1.165) is 28.0 Å². The molecule has 8 heteroatoms. The smallest absolute Gasteiger partial charge is 0.323 e. The molecule has 186 valence electrons. The molecule has 0 radical (unpaired) electrons. The maximum Gasteiger partial charge on any atom is 0.323 e. The lowest BCUT2D eigenvalue weighted by Gasteiger charge is -2.35. The topological polar surface area (TPSA) is 81.0 Å². The van der Waals surface area contributed by atoms with Crippen LogP contribution in [-0.2, 0) is 40.1 Å². The predicted octanol–water partition coefficient (Wildman–Crippen LogP) is 3.84. The first kappa shape index (κ1) is 24.7. The van der Waals surface area contributed by atoms with Crippen molar-refractivity contribution in [2.45, 2.75) is 44.7 Å². The summed E-state index contributed by atoms with van der Waals surface area (Å²) >= 11 is 0. The highest BCUT2D eigenvalue weighted by Gasteiger charge is 2.31. The second-order valence-electron chi connectivity index (χ2n) is 8.86. The third-order valence-corrected chi connectivity index (χ3v) is 6.79. The number of amides is 1. The maximum atomic E-state index is 14.1. The molecule has 1 unspecified atom stereocenters. The third-order valence-electron chi connectivity index (χ3n) is 6.79. The third kappa shape index (κ3) is 5.32. The molecule has 0 saturated heterocycles. The zero-order valence-corrected chi connectivity index (χ0v) is 20.1. The van der Waals surface area contributed by atoms with Crippen LogP contribution < -0.4 is 4.74 Å². The van der Waals surface area contributed by atoms with Gasteiger partial charge in [-0.05, 0) is 61.1 Å². The normalized spacial score (nSPS) is 15.1. The molecule has 1 amide bonds. The number of para-hydroxylation sites is 1. The summed E-state index contributed by atoms with van der Waals surface area (Å²) < 4.78 is 26.6. The van der Waals surface area contributed by atoms with Gasteiger partial charge >= 0.3 is 5.97 Å². The Morgan fingerprint density at radius 3 is 2.74 bits per heavy atom. The van der Waals surface area contributed by atoms with Gasteiger partial charge in [-0.25, -0.2) is 4.39 Å². The van der Waals surface area contributed by atoms with E-state index in [4.69, 9.17) is 9.47 Å². The number of carbonyl (C=O) groups is 2. The van der Waals surface area contributed by atoms with Gasteiger partial charge in [0.25, 0.3) is 0 Å². The van der Waals surface area contributed by atoms with Gasteiger partial charge in [-0.1, -0.05) is 18.2 Å². The van der Waals surface area contributed by atoms with Gasteiger partial charge < -0.3 is 24.0 Å². The number of halogens is 1. The Bertz CT molecular complexity index is 1220. The molecule has 3 aromatic rings. The number of hydrogen-bond acceptors (Lipinski definition) is 4. The number of benzene rings is 2. The van der Waals surface area contributed by atoms with Crippen molar-refractivity contribution in [1.29, 1.82) is 0 Å². The number of aryl methyl sites for hydroxylation is 1. The summed E-state index contributed by atoms with van der Waals surface area (Å²) in [5.41, 5.74) is 3.54. The molecule has 0 bridgehead atoms. The van der Waals surface area contributed by atoms with Crippen LogP contribution in [0.3, 0.4) is 0 Å². The van der Waals surface area contributed by atoms with E-state index in [0.29, 0.717) is 50.8 Å². The Balaban J connectivity index is 1.59.